The lowest BCUT2D eigenvalue weighted by molar-refractivity contribution is -0.220. The smallest absolute Gasteiger partial charge is 0.457 e. The van der Waals surface area contributed by atoms with Crippen LogP contribution in [0.4, 0.5) is 0 Å². The molecule has 0 saturated heterocycles. The SMILES string of the molecule is CC/C=C\C/C=C\C/C=C\C/C=C\C/C=C\CCCCCCCCCCOCC(COP(=O)(O)OC1C(O)C(O)C(O)C(O)C1O)OC(=O)CCCCCCCCCCCC. The zero-order valence-corrected chi connectivity index (χ0v) is 38.6. The molecule has 0 heterocycles. The van der Waals surface area contributed by atoms with E-state index in [4.69, 9.17) is 18.5 Å². The van der Waals surface area contributed by atoms with Gasteiger partial charge in [-0.25, -0.2) is 4.57 Å². The van der Waals surface area contributed by atoms with Gasteiger partial charge < -0.3 is 39.9 Å². The fraction of sp³-hybridized carbons (Fsp3) is 0.771. The maximum absolute atomic E-state index is 12.8. The average Bonchev–Trinajstić information content (AvgIpc) is 3.24. The van der Waals surface area contributed by atoms with Crippen molar-refractivity contribution in [3.8, 4) is 0 Å². The Morgan fingerprint density at radius 2 is 0.967 bits per heavy atom. The Morgan fingerprint density at radius 1 is 0.541 bits per heavy atom. The van der Waals surface area contributed by atoms with Crippen molar-refractivity contribution >= 4 is 13.8 Å². The highest BCUT2D eigenvalue weighted by atomic mass is 31.2. The second kappa shape index (κ2) is 38.5. The van der Waals surface area contributed by atoms with Gasteiger partial charge in [0.25, 0.3) is 0 Å². The number of hydrogen-bond acceptors (Lipinski definition) is 11. The number of aliphatic hydroxyl groups is 5. The fourth-order valence-electron chi connectivity index (χ4n) is 6.91. The predicted molar refractivity (Wildman–Crippen MR) is 244 cm³/mol. The van der Waals surface area contributed by atoms with Crippen molar-refractivity contribution < 1.29 is 58.3 Å². The van der Waals surface area contributed by atoms with E-state index in [2.05, 4.69) is 74.6 Å². The predicted octanol–water partition coefficient (Wildman–Crippen LogP) is 9.81. The Bertz CT molecular complexity index is 1240. The number of ether oxygens (including phenoxy) is 2. The summed E-state index contributed by atoms with van der Waals surface area (Å²) in [5.74, 6) is -0.485. The molecule has 1 rings (SSSR count). The van der Waals surface area contributed by atoms with Crippen LogP contribution in [0.5, 0.6) is 0 Å². The molecule has 354 valence electrons. The molecule has 1 fully saturated rings. The molecule has 6 atom stereocenters. The van der Waals surface area contributed by atoms with E-state index in [0.717, 1.165) is 83.5 Å². The van der Waals surface area contributed by atoms with Gasteiger partial charge in [-0.2, -0.15) is 0 Å². The lowest BCUT2D eigenvalue weighted by atomic mass is 9.85. The van der Waals surface area contributed by atoms with Crippen LogP contribution in [0.15, 0.2) is 60.8 Å². The summed E-state index contributed by atoms with van der Waals surface area (Å²) in [4.78, 5) is 23.1. The second-order valence-electron chi connectivity index (χ2n) is 16.2. The van der Waals surface area contributed by atoms with Crippen molar-refractivity contribution in [2.24, 2.45) is 0 Å². The Labute approximate surface area is 368 Å². The quantitative estimate of drug-likeness (QED) is 0.0148. The minimum absolute atomic E-state index is 0.0834. The number of hydrogen-bond donors (Lipinski definition) is 6. The molecule has 13 heteroatoms. The summed E-state index contributed by atoms with van der Waals surface area (Å²) in [6.45, 7) is 4.10. The number of allylic oxidation sites excluding steroid dienone is 10. The molecule has 0 radical (unpaired) electrons. The second-order valence-corrected chi connectivity index (χ2v) is 17.6. The molecule has 0 aromatic carbocycles. The lowest BCUT2D eigenvalue weighted by Crippen LogP contribution is -2.64. The van der Waals surface area contributed by atoms with Crippen LogP contribution in [0, 0.1) is 0 Å². The van der Waals surface area contributed by atoms with Crippen LogP contribution in [-0.4, -0.2) is 98.9 Å². The summed E-state index contributed by atoms with van der Waals surface area (Å²) in [5.41, 5.74) is 0. The molecule has 0 aromatic heterocycles. The van der Waals surface area contributed by atoms with E-state index in [1.165, 1.54) is 64.2 Å². The minimum Gasteiger partial charge on any atom is -0.457 e. The van der Waals surface area contributed by atoms with Crippen LogP contribution >= 0.6 is 7.82 Å². The van der Waals surface area contributed by atoms with Crippen molar-refractivity contribution in [2.75, 3.05) is 19.8 Å². The van der Waals surface area contributed by atoms with Gasteiger partial charge in [0.2, 0.25) is 0 Å². The molecule has 0 aliphatic heterocycles. The van der Waals surface area contributed by atoms with Gasteiger partial charge in [-0.15, -0.1) is 0 Å². The van der Waals surface area contributed by atoms with E-state index in [1.54, 1.807) is 0 Å². The van der Waals surface area contributed by atoms with Crippen LogP contribution in [-0.2, 0) is 27.9 Å². The van der Waals surface area contributed by atoms with Crippen molar-refractivity contribution in [1.29, 1.82) is 0 Å². The highest BCUT2D eigenvalue weighted by Crippen LogP contribution is 2.47. The monoisotopic (exact) mass is 885 g/mol. The summed E-state index contributed by atoms with van der Waals surface area (Å²) < 4.78 is 34.1. The Balaban J connectivity index is 2.32. The van der Waals surface area contributed by atoms with Gasteiger partial charge in [0, 0.05) is 13.0 Å². The van der Waals surface area contributed by atoms with E-state index >= 15 is 0 Å². The standard InChI is InChI=1S/C48H85O12P/c1-3-5-7-9-11-13-15-16-17-18-19-20-21-22-23-24-25-26-27-28-30-32-34-36-38-57-39-41(59-42(49)37-35-33-31-29-14-12-10-8-6-4-2)40-58-61(55,56)60-48-46(53)44(51)43(50)45(52)47(48)54/h5,7,11,13,16-17,19-20,22-23,41,43-48,50-54H,3-4,6,8-10,12,14-15,18,21,24-40H2,1-2H3,(H,55,56)/b7-5-,13-11-,17-16-,20-19-,23-22-. The third-order valence-corrected chi connectivity index (χ3v) is 11.6. The molecule has 0 amide bonds. The van der Waals surface area contributed by atoms with Gasteiger partial charge in [0.05, 0.1) is 13.2 Å². The first kappa shape index (κ1) is 57.1. The van der Waals surface area contributed by atoms with Gasteiger partial charge in [0.1, 0.15) is 42.7 Å². The van der Waals surface area contributed by atoms with Gasteiger partial charge in [-0.1, -0.05) is 171 Å². The van der Waals surface area contributed by atoms with Gasteiger partial charge in [0.15, 0.2) is 0 Å². The van der Waals surface area contributed by atoms with Crippen LogP contribution in [0.1, 0.15) is 174 Å². The number of rotatable bonds is 39. The minimum atomic E-state index is -5.02. The highest BCUT2D eigenvalue weighted by molar-refractivity contribution is 7.47. The van der Waals surface area contributed by atoms with E-state index in [0.29, 0.717) is 13.0 Å². The van der Waals surface area contributed by atoms with Gasteiger partial charge in [-0.3, -0.25) is 13.8 Å². The summed E-state index contributed by atoms with van der Waals surface area (Å²) in [6.07, 6.45) is 35.9. The molecule has 0 aromatic rings. The molecule has 12 nitrogen and oxygen atoms in total. The Morgan fingerprint density at radius 3 is 1.48 bits per heavy atom. The maximum atomic E-state index is 12.8. The number of aliphatic hydroxyl groups excluding tert-OH is 5. The summed E-state index contributed by atoms with van der Waals surface area (Å²) in [6, 6.07) is 0. The number of phosphoric ester groups is 1. The molecule has 6 unspecified atom stereocenters. The first-order valence-electron chi connectivity index (χ1n) is 23.6. The molecule has 6 N–H and O–H groups in total. The van der Waals surface area contributed by atoms with Crippen LogP contribution in [0.2, 0.25) is 0 Å². The lowest BCUT2D eigenvalue weighted by Gasteiger charge is -2.41. The Kier molecular flexibility index (Phi) is 36.0. The fourth-order valence-corrected chi connectivity index (χ4v) is 7.88. The third kappa shape index (κ3) is 30.7. The van der Waals surface area contributed by atoms with E-state index < -0.39 is 63.1 Å². The third-order valence-electron chi connectivity index (χ3n) is 10.7. The van der Waals surface area contributed by atoms with E-state index in [1.807, 2.05) is 0 Å². The number of carbonyl (C=O) groups is 1. The summed E-state index contributed by atoms with van der Waals surface area (Å²) in [7, 11) is -5.02. The highest BCUT2D eigenvalue weighted by Gasteiger charge is 2.51. The molecule has 0 spiro atoms. The number of esters is 1. The zero-order valence-electron chi connectivity index (χ0n) is 37.7. The largest absolute Gasteiger partial charge is 0.472 e. The van der Waals surface area contributed by atoms with Crippen molar-refractivity contribution in [3.05, 3.63) is 60.8 Å². The van der Waals surface area contributed by atoms with E-state index in [9.17, 15) is 39.8 Å². The molecular formula is C48H85O12P. The molecule has 1 aliphatic carbocycles. The zero-order chi connectivity index (χ0) is 44.8. The normalized spacial score (nSPS) is 22.7. The first-order valence-corrected chi connectivity index (χ1v) is 25.1. The number of unbranched alkanes of at least 4 members (excludes halogenated alkanes) is 17. The van der Waals surface area contributed by atoms with Crippen LogP contribution in [0.25, 0.3) is 0 Å². The topological polar surface area (TPSA) is 192 Å². The maximum Gasteiger partial charge on any atom is 0.472 e. The number of phosphoric acid groups is 1. The van der Waals surface area contributed by atoms with Crippen molar-refractivity contribution in [3.63, 3.8) is 0 Å². The average molecular weight is 885 g/mol. The van der Waals surface area contributed by atoms with Crippen LogP contribution < -0.4 is 0 Å². The molecule has 1 aliphatic rings. The number of carbonyl (C=O) groups excluding carboxylic acids is 1. The first-order chi connectivity index (χ1) is 29.5. The molecule has 0 bridgehead atoms. The van der Waals surface area contributed by atoms with Gasteiger partial charge in [-0.05, 0) is 57.8 Å². The Hall–Kier alpha value is -1.96. The van der Waals surface area contributed by atoms with Crippen LogP contribution in [0.3, 0.4) is 0 Å². The molecule has 1 saturated carbocycles. The van der Waals surface area contributed by atoms with E-state index in [-0.39, 0.29) is 13.0 Å². The molecule has 61 heavy (non-hydrogen) atoms. The molecular weight excluding hydrogens is 799 g/mol. The van der Waals surface area contributed by atoms with Crippen molar-refractivity contribution in [2.45, 2.75) is 217 Å². The summed E-state index contributed by atoms with van der Waals surface area (Å²) >= 11 is 0. The summed E-state index contributed by atoms with van der Waals surface area (Å²) in [5, 5.41) is 50.1. The van der Waals surface area contributed by atoms with Gasteiger partial charge >= 0.3 is 13.8 Å². The van der Waals surface area contributed by atoms with Crippen molar-refractivity contribution in [1.82, 2.24) is 0 Å².